The molecule has 0 saturated carbocycles. The Morgan fingerprint density at radius 2 is 1.93 bits per heavy atom. The Hall–Kier alpha value is -3.74. The van der Waals surface area contributed by atoms with Crippen LogP contribution in [0.4, 0.5) is 0 Å². The molecule has 0 saturated heterocycles. The van der Waals surface area contributed by atoms with Gasteiger partial charge in [-0.1, -0.05) is 12.1 Å². The van der Waals surface area contributed by atoms with Crippen molar-refractivity contribution in [3.05, 3.63) is 89.0 Å². The monoisotopic (exact) mass is 393 g/mol. The van der Waals surface area contributed by atoms with Gasteiger partial charge in [0, 0.05) is 6.54 Å². The lowest BCUT2D eigenvalue weighted by Gasteiger charge is -2.25. The quantitative estimate of drug-likeness (QED) is 0.637. The maximum absolute atomic E-state index is 13.0. The van der Waals surface area contributed by atoms with Gasteiger partial charge in [0.25, 0.3) is 5.91 Å². The number of methoxy groups -OCH3 is 1. The summed E-state index contributed by atoms with van der Waals surface area (Å²) in [5.74, 6) is -0.0458. The summed E-state index contributed by atoms with van der Waals surface area (Å²) in [7, 11) is 1.57. The maximum atomic E-state index is 13.0. The highest BCUT2D eigenvalue weighted by molar-refractivity contribution is 6.14. The van der Waals surface area contributed by atoms with Gasteiger partial charge in [-0.15, -0.1) is 0 Å². The lowest BCUT2D eigenvalue weighted by molar-refractivity contribution is -0.130. The van der Waals surface area contributed by atoms with Crippen LogP contribution in [-0.2, 0) is 11.3 Å². The van der Waals surface area contributed by atoms with E-state index in [2.05, 4.69) is 0 Å². The van der Waals surface area contributed by atoms with Crippen LogP contribution in [0.15, 0.2) is 75.0 Å². The van der Waals surface area contributed by atoms with E-state index in [0.717, 1.165) is 5.56 Å². The third-order valence-electron chi connectivity index (χ3n) is 4.84. The average Bonchev–Trinajstić information content (AvgIpc) is 3.45. The van der Waals surface area contributed by atoms with E-state index in [1.54, 1.807) is 44.4 Å². The largest absolute Gasteiger partial charge is 0.503 e. The second-order valence-electron chi connectivity index (χ2n) is 6.70. The van der Waals surface area contributed by atoms with Crippen LogP contribution >= 0.6 is 0 Å². The predicted molar refractivity (Wildman–Crippen MR) is 102 cm³/mol. The molecule has 0 aliphatic carbocycles. The second kappa shape index (κ2) is 7.35. The normalized spacial score (nSPS) is 16.6. The van der Waals surface area contributed by atoms with Crippen molar-refractivity contribution in [3.63, 3.8) is 0 Å². The highest BCUT2D eigenvalue weighted by Gasteiger charge is 2.45. The van der Waals surface area contributed by atoms with E-state index in [9.17, 15) is 14.7 Å². The van der Waals surface area contributed by atoms with Gasteiger partial charge in [0.2, 0.25) is 5.78 Å². The van der Waals surface area contributed by atoms with Crippen molar-refractivity contribution in [2.75, 3.05) is 7.11 Å². The molecule has 1 aliphatic heterocycles. The molecule has 29 heavy (non-hydrogen) atoms. The van der Waals surface area contributed by atoms with Gasteiger partial charge in [-0.3, -0.25) is 9.59 Å². The van der Waals surface area contributed by atoms with E-state index >= 15 is 0 Å². The number of ether oxygens (including phenoxy) is 1. The molecule has 7 heteroatoms. The number of Topliss-reactive ketones (excluding diaryl/α,β-unsaturated/α-hetero) is 1. The minimum absolute atomic E-state index is 0.0407. The van der Waals surface area contributed by atoms with Crippen LogP contribution in [0.5, 0.6) is 5.75 Å². The molecule has 7 nitrogen and oxygen atoms in total. The van der Waals surface area contributed by atoms with Crippen molar-refractivity contribution in [3.8, 4) is 5.75 Å². The summed E-state index contributed by atoms with van der Waals surface area (Å²) in [4.78, 5) is 27.3. The van der Waals surface area contributed by atoms with Gasteiger partial charge in [0.15, 0.2) is 11.5 Å². The Morgan fingerprint density at radius 3 is 2.52 bits per heavy atom. The molecule has 1 amide bonds. The molecular formula is C22H19NO6. The number of aliphatic hydroxyl groups is 1. The first-order valence-corrected chi connectivity index (χ1v) is 9.01. The minimum Gasteiger partial charge on any atom is -0.503 e. The molecule has 3 aromatic rings. The van der Waals surface area contributed by atoms with Crippen molar-refractivity contribution in [1.82, 2.24) is 4.90 Å². The number of nitrogens with zero attached hydrogens (tertiary/aromatic N) is 1. The van der Waals surface area contributed by atoms with Crippen LogP contribution in [0.1, 0.15) is 33.7 Å². The van der Waals surface area contributed by atoms with Crippen LogP contribution < -0.4 is 4.74 Å². The van der Waals surface area contributed by atoms with Crippen LogP contribution in [0.25, 0.3) is 0 Å². The third kappa shape index (κ3) is 3.31. The number of amides is 1. The molecule has 0 spiro atoms. The smallest absolute Gasteiger partial charge is 0.290 e. The topological polar surface area (TPSA) is 93.1 Å². The van der Waals surface area contributed by atoms with Gasteiger partial charge in [-0.05, 0) is 48.9 Å². The summed E-state index contributed by atoms with van der Waals surface area (Å²) in [5.41, 5.74) is 0.750. The summed E-state index contributed by atoms with van der Waals surface area (Å²) in [6.45, 7) is 1.94. The first-order chi connectivity index (χ1) is 14.0. The van der Waals surface area contributed by atoms with Gasteiger partial charge in [0.1, 0.15) is 23.3 Å². The Bertz CT molecular complexity index is 1070. The molecular weight excluding hydrogens is 374 g/mol. The van der Waals surface area contributed by atoms with Crippen molar-refractivity contribution in [2.45, 2.75) is 19.5 Å². The van der Waals surface area contributed by atoms with Crippen LogP contribution in [0, 0.1) is 6.92 Å². The fourth-order valence-corrected chi connectivity index (χ4v) is 3.41. The summed E-state index contributed by atoms with van der Waals surface area (Å²) in [6, 6.07) is 12.8. The number of aryl methyl sites for hydroxylation is 1. The molecule has 1 aromatic carbocycles. The Kier molecular flexibility index (Phi) is 4.72. The first-order valence-electron chi connectivity index (χ1n) is 9.01. The van der Waals surface area contributed by atoms with Gasteiger partial charge in [-0.2, -0.15) is 0 Å². The number of aliphatic hydroxyl groups excluding tert-OH is 1. The minimum atomic E-state index is -0.865. The Morgan fingerprint density at radius 1 is 1.17 bits per heavy atom. The zero-order valence-corrected chi connectivity index (χ0v) is 15.9. The van der Waals surface area contributed by atoms with Crippen molar-refractivity contribution in [1.29, 1.82) is 0 Å². The first kappa shape index (κ1) is 18.6. The number of benzene rings is 1. The molecule has 3 heterocycles. The fraction of sp³-hybridized carbons (Fsp3) is 0.182. The van der Waals surface area contributed by atoms with E-state index in [0.29, 0.717) is 17.3 Å². The van der Waals surface area contributed by atoms with Crippen molar-refractivity contribution >= 4 is 11.7 Å². The Balaban J connectivity index is 1.74. The number of furan rings is 2. The van der Waals surface area contributed by atoms with Crippen LogP contribution in [0.3, 0.4) is 0 Å². The molecule has 2 aromatic heterocycles. The highest BCUT2D eigenvalue weighted by Crippen LogP contribution is 2.40. The molecule has 0 bridgehead atoms. The molecule has 1 aliphatic rings. The SMILES string of the molecule is COc1ccc(CN2C(=O)C(O)=C(C(=O)c3ccco3)C2c2ccc(C)o2)cc1. The zero-order valence-electron chi connectivity index (χ0n) is 15.9. The summed E-state index contributed by atoms with van der Waals surface area (Å²) >= 11 is 0. The molecule has 0 fully saturated rings. The number of carbonyl (C=O) groups is 2. The number of rotatable bonds is 6. The summed E-state index contributed by atoms with van der Waals surface area (Å²) < 4.78 is 16.1. The maximum Gasteiger partial charge on any atom is 0.290 e. The number of carbonyl (C=O) groups excluding carboxylic acids is 2. The summed E-state index contributed by atoms with van der Waals surface area (Å²) in [5, 5.41) is 10.6. The molecule has 4 rings (SSSR count). The number of hydrogen-bond acceptors (Lipinski definition) is 6. The highest BCUT2D eigenvalue weighted by atomic mass is 16.5. The Labute approximate surface area is 166 Å². The molecule has 1 N–H and O–H groups in total. The zero-order chi connectivity index (χ0) is 20.5. The van der Waals surface area contributed by atoms with Gasteiger partial charge >= 0.3 is 0 Å². The molecule has 148 valence electrons. The van der Waals surface area contributed by atoms with Crippen molar-refractivity contribution in [2.24, 2.45) is 0 Å². The standard InChI is InChI=1S/C22H19NO6/c1-13-5-10-16(29-13)19-18(20(24)17-4-3-11-28-17)21(25)22(26)23(19)12-14-6-8-15(27-2)9-7-14/h3-11,19,25H,12H2,1-2H3. The van der Waals surface area contributed by atoms with Gasteiger partial charge in [0.05, 0.1) is 18.9 Å². The summed E-state index contributed by atoms with van der Waals surface area (Å²) in [6.07, 6.45) is 1.36. The van der Waals surface area contributed by atoms with Crippen LogP contribution in [-0.4, -0.2) is 28.8 Å². The van der Waals surface area contributed by atoms with E-state index < -0.39 is 23.5 Å². The van der Waals surface area contributed by atoms with Gasteiger partial charge in [-0.25, -0.2) is 0 Å². The molecule has 1 unspecified atom stereocenters. The lowest BCUT2D eigenvalue weighted by atomic mass is 9.99. The molecule has 0 radical (unpaired) electrons. The third-order valence-corrected chi connectivity index (χ3v) is 4.84. The van der Waals surface area contributed by atoms with E-state index in [4.69, 9.17) is 13.6 Å². The molecule has 1 atom stereocenters. The van der Waals surface area contributed by atoms with Crippen LogP contribution in [0.2, 0.25) is 0 Å². The number of ketones is 1. The predicted octanol–water partition coefficient (Wildman–Crippen LogP) is 3.97. The second-order valence-corrected chi connectivity index (χ2v) is 6.70. The number of hydrogen-bond donors (Lipinski definition) is 1. The average molecular weight is 393 g/mol. The van der Waals surface area contributed by atoms with E-state index in [1.807, 2.05) is 12.1 Å². The van der Waals surface area contributed by atoms with E-state index in [-0.39, 0.29) is 17.9 Å². The van der Waals surface area contributed by atoms with E-state index in [1.165, 1.54) is 17.2 Å². The van der Waals surface area contributed by atoms with Gasteiger partial charge < -0.3 is 23.6 Å². The lowest BCUT2D eigenvalue weighted by Crippen LogP contribution is -2.30. The van der Waals surface area contributed by atoms with Crippen molar-refractivity contribution < 1.29 is 28.3 Å². The fourth-order valence-electron chi connectivity index (χ4n) is 3.41.